The van der Waals surface area contributed by atoms with Gasteiger partial charge in [-0.1, -0.05) is 23.2 Å². The molecule has 0 aromatic heterocycles. The molecule has 1 N–H and O–H groups in total. The Labute approximate surface area is 112 Å². The van der Waals surface area contributed by atoms with Gasteiger partial charge in [-0.15, -0.1) is 0 Å². The zero-order valence-electron chi connectivity index (χ0n) is 10.1. The van der Waals surface area contributed by atoms with E-state index in [1.807, 2.05) is 6.92 Å². The number of nitrogens with one attached hydrogen (secondary N) is 1. The molecule has 94 valence electrons. The summed E-state index contributed by atoms with van der Waals surface area (Å²) in [6, 6.07) is 5.03. The number of benzene rings is 1. The molecule has 0 fully saturated rings. The summed E-state index contributed by atoms with van der Waals surface area (Å²) < 4.78 is 0. The Hall–Kier alpha value is -0.770. The molecule has 5 heteroatoms. The predicted octanol–water partition coefficient (Wildman–Crippen LogP) is 2.56. The SMILES string of the molecule is CC(NCc1cc(Cl)ccc1Cl)C(=O)N(C)C. The number of carbonyl (C=O) groups excluding carboxylic acids is 1. The van der Waals surface area contributed by atoms with Crippen molar-refractivity contribution in [1.82, 2.24) is 10.2 Å². The lowest BCUT2D eigenvalue weighted by Gasteiger charge is -2.18. The third-order valence-corrected chi connectivity index (χ3v) is 3.02. The molecular formula is C12H16Cl2N2O. The van der Waals surface area contributed by atoms with E-state index in [0.717, 1.165) is 5.56 Å². The fourth-order valence-electron chi connectivity index (χ4n) is 1.42. The van der Waals surface area contributed by atoms with Gasteiger partial charge in [0.25, 0.3) is 0 Å². The Morgan fingerprint density at radius 1 is 1.41 bits per heavy atom. The van der Waals surface area contributed by atoms with Crippen LogP contribution in [0.3, 0.4) is 0 Å². The first-order valence-corrected chi connectivity index (χ1v) is 6.06. The molecule has 0 heterocycles. The largest absolute Gasteiger partial charge is 0.347 e. The Kier molecular flexibility index (Phi) is 5.25. The van der Waals surface area contributed by atoms with Crippen LogP contribution in [0.25, 0.3) is 0 Å². The van der Waals surface area contributed by atoms with Crippen molar-refractivity contribution in [3.8, 4) is 0 Å². The van der Waals surface area contributed by atoms with E-state index in [1.54, 1.807) is 37.2 Å². The van der Waals surface area contributed by atoms with Crippen molar-refractivity contribution in [2.45, 2.75) is 19.5 Å². The maximum absolute atomic E-state index is 11.6. The first kappa shape index (κ1) is 14.3. The number of hydrogen-bond donors (Lipinski definition) is 1. The Balaban J connectivity index is 2.61. The number of hydrogen-bond acceptors (Lipinski definition) is 2. The molecule has 1 unspecified atom stereocenters. The van der Waals surface area contributed by atoms with Crippen LogP contribution >= 0.6 is 23.2 Å². The summed E-state index contributed by atoms with van der Waals surface area (Å²) in [6.07, 6.45) is 0. The van der Waals surface area contributed by atoms with Gasteiger partial charge in [-0.25, -0.2) is 0 Å². The number of halogens is 2. The molecule has 1 aromatic rings. The average Bonchev–Trinajstić information content (AvgIpc) is 2.28. The van der Waals surface area contributed by atoms with Gasteiger partial charge in [0.15, 0.2) is 0 Å². The first-order chi connectivity index (χ1) is 7.91. The zero-order chi connectivity index (χ0) is 13.0. The second kappa shape index (κ2) is 6.24. The highest BCUT2D eigenvalue weighted by Crippen LogP contribution is 2.20. The van der Waals surface area contributed by atoms with Crippen LogP contribution in [0, 0.1) is 0 Å². The lowest BCUT2D eigenvalue weighted by molar-refractivity contribution is -0.130. The van der Waals surface area contributed by atoms with Gasteiger partial charge in [-0.05, 0) is 30.7 Å². The van der Waals surface area contributed by atoms with E-state index >= 15 is 0 Å². The molecule has 0 spiro atoms. The number of nitrogens with zero attached hydrogens (tertiary/aromatic N) is 1. The number of likely N-dealkylation sites (N-methyl/N-ethyl adjacent to an activating group) is 1. The van der Waals surface area contributed by atoms with E-state index < -0.39 is 0 Å². The molecule has 0 aliphatic heterocycles. The molecule has 0 aliphatic carbocycles. The Morgan fingerprint density at radius 2 is 2.06 bits per heavy atom. The number of amides is 1. The predicted molar refractivity (Wildman–Crippen MR) is 71.5 cm³/mol. The Morgan fingerprint density at radius 3 is 2.65 bits per heavy atom. The summed E-state index contributed by atoms with van der Waals surface area (Å²) in [4.78, 5) is 13.2. The van der Waals surface area contributed by atoms with Crippen LogP contribution in [0.15, 0.2) is 18.2 Å². The van der Waals surface area contributed by atoms with Gasteiger partial charge in [0.2, 0.25) is 5.91 Å². The fraction of sp³-hybridized carbons (Fsp3) is 0.417. The van der Waals surface area contributed by atoms with Gasteiger partial charge in [-0.3, -0.25) is 4.79 Å². The molecule has 1 atom stereocenters. The summed E-state index contributed by atoms with van der Waals surface area (Å²) in [5, 5.41) is 4.40. The molecule has 17 heavy (non-hydrogen) atoms. The third kappa shape index (κ3) is 4.19. The zero-order valence-corrected chi connectivity index (χ0v) is 11.6. The minimum atomic E-state index is -0.250. The molecule has 0 saturated carbocycles. The van der Waals surface area contributed by atoms with Crippen LogP contribution in [-0.4, -0.2) is 30.9 Å². The smallest absolute Gasteiger partial charge is 0.238 e. The topological polar surface area (TPSA) is 32.3 Å². The van der Waals surface area contributed by atoms with Crippen LogP contribution in [0.4, 0.5) is 0 Å². The van der Waals surface area contributed by atoms with Crippen molar-refractivity contribution in [2.75, 3.05) is 14.1 Å². The molecule has 3 nitrogen and oxygen atoms in total. The van der Waals surface area contributed by atoms with Crippen LogP contribution in [-0.2, 0) is 11.3 Å². The molecule has 1 aromatic carbocycles. The third-order valence-electron chi connectivity index (χ3n) is 2.42. The number of carbonyl (C=O) groups is 1. The van der Waals surface area contributed by atoms with Gasteiger partial charge in [0.1, 0.15) is 0 Å². The second-order valence-electron chi connectivity index (χ2n) is 4.07. The minimum Gasteiger partial charge on any atom is -0.347 e. The lowest BCUT2D eigenvalue weighted by Crippen LogP contribution is -2.41. The normalized spacial score (nSPS) is 12.3. The average molecular weight is 275 g/mol. The van der Waals surface area contributed by atoms with Crippen LogP contribution in [0.1, 0.15) is 12.5 Å². The minimum absolute atomic E-state index is 0.0307. The van der Waals surface area contributed by atoms with E-state index in [4.69, 9.17) is 23.2 Å². The van der Waals surface area contributed by atoms with Crippen molar-refractivity contribution >= 4 is 29.1 Å². The molecule has 0 bridgehead atoms. The summed E-state index contributed by atoms with van der Waals surface area (Å²) in [5.41, 5.74) is 0.887. The molecular weight excluding hydrogens is 259 g/mol. The van der Waals surface area contributed by atoms with E-state index in [1.165, 1.54) is 0 Å². The first-order valence-electron chi connectivity index (χ1n) is 5.30. The molecule has 0 saturated heterocycles. The van der Waals surface area contributed by atoms with Crippen molar-refractivity contribution in [3.63, 3.8) is 0 Å². The van der Waals surface area contributed by atoms with Gasteiger partial charge in [-0.2, -0.15) is 0 Å². The van der Waals surface area contributed by atoms with Crippen molar-refractivity contribution in [1.29, 1.82) is 0 Å². The van der Waals surface area contributed by atoms with E-state index in [0.29, 0.717) is 16.6 Å². The van der Waals surface area contributed by atoms with Crippen molar-refractivity contribution in [3.05, 3.63) is 33.8 Å². The van der Waals surface area contributed by atoms with Crippen molar-refractivity contribution < 1.29 is 4.79 Å². The highest BCUT2D eigenvalue weighted by atomic mass is 35.5. The van der Waals surface area contributed by atoms with Gasteiger partial charge >= 0.3 is 0 Å². The van der Waals surface area contributed by atoms with Crippen LogP contribution < -0.4 is 5.32 Å². The van der Waals surface area contributed by atoms with E-state index in [2.05, 4.69) is 5.32 Å². The standard InChI is InChI=1S/C12H16Cl2N2O/c1-8(12(17)16(2)3)15-7-9-6-10(13)4-5-11(9)14/h4-6,8,15H,7H2,1-3H3. The number of rotatable bonds is 4. The highest BCUT2D eigenvalue weighted by molar-refractivity contribution is 6.33. The monoisotopic (exact) mass is 274 g/mol. The lowest BCUT2D eigenvalue weighted by atomic mass is 10.2. The van der Waals surface area contributed by atoms with Gasteiger partial charge in [0, 0.05) is 30.7 Å². The maximum Gasteiger partial charge on any atom is 0.238 e. The van der Waals surface area contributed by atoms with Crippen LogP contribution in [0.2, 0.25) is 10.0 Å². The fourth-order valence-corrected chi connectivity index (χ4v) is 1.80. The van der Waals surface area contributed by atoms with E-state index in [-0.39, 0.29) is 11.9 Å². The highest BCUT2D eigenvalue weighted by Gasteiger charge is 2.14. The van der Waals surface area contributed by atoms with E-state index in [9.17, 15) is 4.79 Å². The van der Waals surface area contributed by atoms with Crippen molar-refractivity contribution in [2.24, 2.45) is 0 Å². The van der Waals surface area contributed by atoms with Gasteiger partial charge in [0.05, 0.1) is 6.04 Å². The molecule has 1 rings (SSSR count). The Bertz CT molecular complexity index is 407. The summed E-state index contributed by atoms with van der Waals surface area (Å²) in [5.74, 6) is 0.0307. The molecule has 0 aliphatic rings. The second-order valence-corrected chi connectivity index (χ2v) is 4.91. The quantitative estimate of drug-likeness (QED) is 0.916. The molecule has 1 amide bonds. The summed E-state index contributed by atoms with van der Waals surface area (Å²) >= 11 is 11.9. The summed E-state index contributed by atoms with van der Waals surface area (Å²) in [6.45, 7) is 2.33. The molecule has 0 radical (unpaired) electrons. The van der Waals surface area contributed by atoms with Gasteiger partial charge < -0.3 is 10.2 Å². The maximum atomic E-state index is 11.6. The van der Waals surface area contributed by atoms with Crippen LogP contribution in [0.5, 0.6) is 0 Å². The summed E-state index contributed by atoms with van der Waals surface area (Å²) in [7, 11) is 3.46.